The van der Waals surface area contributed by atoms with Crippen molar-refractivity contribution in [2.45, 2.75) is 31.0 Å². The molecule has 5 rings (SSSR count). The number of carbonyl (C=O) groups is 1. The summed E-state index contributed by atoms with van der Waals surface area (Å²) in [7, 11) is 1.62. The molecule has 7 heteroatoms. The molecule has 1 spiro atoms. The molecule has 2 atom stereocenters. The second kappa shape index (κ2) is 9.80. The summed E-state index contributed by atoms with van der Waals surface area (Å²) >= 11 is 0. The highest BCUT2D eigenvalue weighted by Gasteiger charge is 2.54. The van der Waals surface area contributed by atoms with E-state index in [9.17, 15) is 4.79 Å². The maximum absolute atomic E-state index is 13.7. The fourth-order valence-corrected chi connectivity index (χ4v) is 4.61. The lowest BCUT2D eigenvalue weighted by molar-refractivity contribution is -0.128. The van der Waals surface area contributed by atoms with E-state index in [1.807, 2.05) is 72.8 Å². The number of hydrogen-bond acceptors (Lipinski definition) is 6. The number of hydrogen-bond donors (Lipinski definition) is 2. The van der Waals surface area contributed by atoms with E-state index >= 15 is 0 Å². The lowest BCUT2D eigenvalue weighted by Gasteiger charge is -2.29. The Morgan fingerprint density at radius 1 is 1.06 bits per heavy atom. The SMILES string of the molecule is COc1cccc([C@@H]2OC(c3ccc(OCCCO)cc3)=N[C@@]23Cc2ccccc2CNC3=O)c1. The maximum Gasteiger partial charge on any atom is 0.252 e. The minimum absolute atomic E-state index is 0.0850. The molecule has 0 saturated heterocycles. The average molecular weight is 473 g/mol. The first-order chi connectivity index (χ1) is 17.1. The fraction of sp³-hybridized carbons (Fsp3) is 0.286. The minimum Gasteiger partial charge on any atom is -0.497 e. The zero-order chi connectivity index (χ0) is 24.3. The van der Waals surface area contributed by atoms with Gasteiger partial charge in [-0.05, 0) is 53.1 Å². The number of ether oxygens (including phenoxy) is 3. The molecule has 7 nitrogen and oxygen atoms in total. The summed E-state index contributed by atoms with van der Waals surface area (Å²) in [6, 6.07) is 23.1. The van der Waals surface area contributed by atoms with Gasteiger partial charge in [-0.3, -0.25) is 4.79 Å². The Morgan fingerprint density at radius 3 is 2.63 bits per heavy atom. The van der Waals surface area contributed by atoms with E-state index in [-0.39, 0.29) is 12.5 Å². The topological polar surface area (TPSA) is 89.4 Å². The van der Waals surface area contributed by atoms with Gasteiger partial charge in [-0.15, -0.1) is 0 Å². The number of carbonyl (C=O) groups excluding carboxylic acids is 1. The first kappa shape index (κ1) is 22.9. The summed E-state index contributed by atoms with van der Waals surface area (Å²) in [5.74, 6) is 1.63. The van der Waals surface area contributed by atoms with E-state index in [1.54, 1.807) is 7.11 Å². The van der Waals surface area contributed by atoms with Gasteiger partial charge in [0.25, 0.3) is 5.91 Å². The fourth-order valence-electron chi connectivity index (χ4n) is 4.61. The average Bonchev–Trinajstić information content (AvgIpc) is 3.22. The Balaban J connectivity index is 1.55. The van der Waals surface area contributed by atoms with Crippen LogP contribution in [-0.4, -0.2) is 42.8 Å². The van der Waals surface area contributed by atoms with Crippen LogP contribution in [0.1, 0.15) is 34.8 Å². The highest BCUT2D eigenvalue weighted by molar-refractivity contribution is 6.01. The van der Waals surface area contributed by atoms with Gasteiger partial charge >= 0.3 is 0 Å². The van der Waals surface area contributed by atoms with Crippen molar-refractivity contribution in [1.82, 2.24) is 5.32 Å². The second-order valence-corrected chi connectivity index (χ2v) is 8.69. The lowest BCUT2D eigenvalue weighted by atomic mass is 9.82. The van der Waals surface area contributed by atoms with Crippen LogP contribution in [0.15, 0.2) is 77.8 Å². The van der Waals surface area contributed by atoms with Crippen LogP contribution in [0.3, 0.4) is 0 Å². The first-order valence-corrected chi connectivity index (χ1v) is 11.7. The van der Waals surface area contributed by atoms with Crippen molar-refractivity contribution in [3.63, 3.8) is 0 Å². The predicted octanol–water partition coefficient (Wildman–Crippen LogP) is 3.59. The Bertz CT molecular complexity index is 1240. The van der Waals surface area contributed by atoms with Crippen LogP contribution >= 0.6 is 0 Å². The van der Waals surface area contributed by atoms with Gasteiger partial charge < -0.3 is 24.6 Å². The number of benzene rings is 3. The maximum atomic E-state index is 13.7. The number of aliphatic imine (C=N–C) groups is 1. The van der Waals surface area contributed by atoms with Gasteiger partial charge in [0.15, 0.2) is 11.6 Å². The van der Waals surface area contributed by atoms with Gasteiger partial charge in [-0.1, -0.05) is 36.4 Å². The Labute approximate surface area is 204 Å². The molecule has 3 aromatic carbocycles. The second-order valence-electron chi connectivity index (χ2n) is 8.69. The third kappa shape index (κ3) is 4.47. The molecule has 3 aromatic rings. The van der Waals surface area contributed by atoms with E-state index in [1.165, 1.54) is 0 Å². The molecule has 1 amide bonds. The van der Waals surface area contributed by atoms with Gasteiger partial charge in [0.05, 0.1) is 13.7 Å². The normalized spacial score (nSPS) is 20.9. The third-order valence-corrected chi connectivity index (χ3v) is 6.44. The van der Waals surface area contributed by atoms with Crippen molar-refractivity contribution in [2.24, 2.45) is 4.99 Å². The number of amides is 1. The van der Waals surface area contributed by atoms with Gasteiger partial charge in [0.2, 0.25) is 5.90 Å². The number of nitrogens with zero attached hydrogens (tertiary/aromatic N) is 1. The largest absolute Gasteiger partial charge is 0.497 e. The molecular weight excluding hydrogens is 444 g/mol. The molecule has 35 heavy (non-hydrogen) atoms. The first-order valence-electron chi connectivity index (χ1n) is 11.7. The van der Waals surface area contributed by atoms with Crippen LogP contribution in [0.2, 0.25) is 0 Å². The lowest BCUT2D eigenvalue weighted by Crippen LogP contribution is -2.48. The number of nitrogens with one attached hydrogen (secondary N) is 1. The molecular formula is C28H28N2O5. The number of aliphatic hydroxyl groups is 1. The summed E-state index contributed by atoms with van der Waals surface area (Å²) in [5, 5.41) is 12.0. The zero-order valence-electron chi connectivity index (χ0n) is 19.6. The predicted molar refractivity (Wildman–Crippen MR) is 132 cm³/mol. The third-order valence-electron chi connectivity index (χ3n) is 6.44. The Hall–Kier alpha value is -3.84. The van der Waals surface area contributed by atoms with Crippen molar-refractivity contribution >= 4 is 11.8 Å². The molecule has 2 N–H and O–H groups in total. The summed E-state index contributed by atoms with van der Waals surface area (Å²) in [6.07, 6.45) is 0.362. The molecule has 0 aliphatic carbocycles. The molecule has 0 unspecified atom stereocenters. The molecule has 0 aromatic heterocycles. The molecule has 0 radical (unpaired) electrons. The number of aliphatic hydroxyl groups excluding tert-OH is 1. The number of rotatable bonds is 7. The van der Waals surface area contributed by atoms with Crippen LogP contribution in [0.4, 0.5) is 0 Å². The standard InChI is InChI=1S/C28H28N2O5/c1-33-24-9-4-8-20(16-24)25-28(17-21-6-2-3-7-22(21)18-29-27(28)32)30-26(35-25)19-10-12-23(13-11-19)34-15-5-14-31/h2-4,6-13,16,25,31H,5,14-15,17-18H2,1H3,(H,29,32)/t25-,28-/m0/s1. The van der Waals surface area contributed by atoms with Gasteiger partial charge in [0.1, 0.15) is 11.5 Å². The minimum atomic E-state index is -1.16. The van der Waals surface area contributed by atoms with Crippen molar-refractivity contribution in [3.8, 4) is 11.5 Å². The van der Waals surface area contributed by atoms with Gasteiger partial charge in [0, 0.05) is 31.6 Å². The van der Waals surface area contributed by atoms with Gasteiger partial charge in [-0.2, -0.15) is 0 Å². The molecule has 0 fully saturated rings. The molecule has 180 valence electrons. The molecule has 2 aliphatic rings. The van der Waals surface area contributed by atoms with Crippen LogP contribution in [0.5, 0.6) is 11.5 Å². The molecule has 0 bridgehead atoms. The quantitative estimate of drug-likeness (QED) is 0.513. The van der Waals surface area contributed by atoms with Crippen molar-refractivity contribution in [3.05, 3.63) is 95.1 Å². The van der Waals surface area contributed by atoms with Crippen molar-refractivity contribution in [1.29, 1.82) is 0 Å². The molecule has 2 heterocycles. The summed E-state index contributed by atoms with van der Waals surface area (Å²) in [5.41, 5.74) is 2.57. The highest BCUT2D eigenvalue weighted by Crippen LogP contribution is 2.44. The number of fused-ring (bicyclic) bond motifs is 1. The van der Waals surface area contributed by atoms with E-state index in [0.29, 0.717) is 43.4 Å². The summed E-state index contributed by atoms with van der Waals surface area (Å²) < 4.78 is 17.5. The summed E-state index contributed by atoms with van der Waals surface area (Å²) in [4.78, 5) is 18.6. The van der Waals surface area contributed by atoms with E-state index in [2.05, 4.69) is 5.32 Å². The van der Waals surface area contributed by atoms with Crippen molar-refractivity contribution in [2.75, 3.05) is 20.3 Å². The molecule has 2 aliphatic heterocycles. The molecule has 0 saturated carbocycles. The monoisotopic (exact) mass is 472 g/mol. The highest BCUT2D eigenvalue weighted by atomic mass is 16.5. The van der Waals surface area contributed by atoms with Crippen LogP contribution in [-0.2, 0) is 22.5 Å². The van der Waals surface area contributed by atoms with Gasteiger partial charge in [-0.25, -0.2) is 4.99 Å². The Kier molecular flexibility index (Phi) is 6.42. The van der Waals surface area contributed by atoms with Crippen LogP contribution in [0.25, 0.3) is 0 Å². The van der Waals surface area contributed by atoms with E-state index in [0.717, 1.165) is 22.3 Å². The Morgan fingerprint density at radius 2 is 1.86 bits per heavy atom. The van der Waals surface area contributed by atoms with Crippen molar-refractivity contribution < 1.29 is 24.1 Å². The summed E-state index contributed by atoms with van der Waals surface area (Å²) in [6.45, 7) is 0.974. The smallest absolute Gasteiger partial charge is 0.252 e. The van der Waals surface area contributed by atoms with E-state index in [4.69, 9.17) is 24.3 Å². The van der Waals surface area contributed by atoms with Crippen LogP contribution < -0.4 is 14.8 Å². The zero-order valence-corrected chi connectivity index (χ0v) is 19.6. The van der Waals surface area contributed by atoms with Crippen LogP contribution in [0, 0.1) is 0 Å². The number of methoxy groups -OCH3 is 1. The van der Waals surface area contributed by atoms with E-state index < -0.39 is 11.6 Å².